The van der Waals surface area contributed by atoms with Gasteiger partial charge in [-0.2, -0.15) is 0 Å². The zero-order valence-corrected chi connectivity index (χ0v) is 21.1. The normalized spacial score (nSPS) is 14.9. The van der Waals surface area contributed by atoms with Crippen LogP contribution in [0.4, 0.5) is 26.2 Å². The second-order valence-corrected chi connectivity index (χ2v) is 10.7. The van der Waals surface area contributed by atoms with Crippen molar-refractivity contribution in [3.8, 4) is 0 Å². The van der Waals surface area contributed by atoms with Gasteiger partial charge in [0.25, 0.3) is 0 Å². The second-order valence-electron chi connectivity index (χ2n) is 8.56. The molecular weight excluding hydrogens is 492 g/mol. The van der Waals surface area contributed by atoms with Gasteiger partial charge < -0.3 is 15.0 Å². The van der Waals surface area contributed by atoms with E-state index in [0.29, 0.717) is 43.1 Å². The van der Waals surface area contributed by atoms with E-state index >= 15 is 4.39 Å². The number of benzene rings is 1. The molecule has 3 heterocycles. The molecule has 0 aliphatic carbocycles. The average Bonchev–Trinajstić information content (AvgIpc) is 2.87. The van der Waals surface area contributed by atoms with Gasteiger partial charge >= 0.3 is 0 Å². The number of methoxy groups -OCH3 is 1. The van der Waals surface area contributed by atoms with Crippen molar-refractivity contribution < 1.29 is 21.9 Å². The fourth-order valence-corrected chi connectivity index (χ4v) is 5.50. The summed E-state index contributed by atoms with van der Waals surface area (Å²) in [6, 6.07) is 2.18. The van der Waals surface area contributed by atoms with Gasteiger partial charge in [-0.05, 0) is 12.5 Å². The first-order chi connectivity index (χ1) is 17.3. The van der Waals surface area contributed by atoms with Crippen LogP contribution in [0.5, 0.6) is 0 Å². The number of hydrogen-bond acceptors (Lipinski definition) is 10. The van der Waals surface area contributed by atoms with Crippen molar-refractivity contribution in [1.29, 1.82) is 0 Å². The Morgan fingerprint density at radius 1 is 1.11 bits per heavy atom. The predicted octanol–water partition coefficient (Wildman–Crippen LogP) is 2.53. The van der Waals surface area contributed by atoms with Crippen LogP contribution in [-0.4, -0.2) is 85.4 Å². The molecule has 4 rings (SSSR count). The van der Waals surface area contributed by atoms with Crippen LogP contribution in [0.2, 0.25) is 0 Å². The lowest BCUT2D eigenvalue weighted by Gasteiger charge is -2.34. The minimum atomic E-state index is -3.52. The van der Waals surface area contributed by atoms with Crippen molar-refractivity contribution in [1.82, 2.24) is 24.8 Å². The molecule has 0 bridgehead atoms. The summed E-state index contributed by atoms with van der Waals surface area (Å²) in [6.45, 7) is 6.31. The summed E-state index contributed by atoms with van der Waals surface area (Å²) < 4.78 is 59.4. The zero-order chi connectivity index (χ0) is 25.7. The fraction of sp³-hybridized carbons (Fsp3) is 0.478. The maximum Gasteiger partial charge on any atom is 0.226 e. The van der Waals surface area contributed by atoms with Crippen molar-refractivity contribution in [3.05, 3.63) is 41.9 Å². The lowest BCUT2D eigenvalue weighted by Crippen LogP contribution is -2.47. The molecule has 194 valence electrons. The Morgan fingerprint density at radius 3 is 2.61 bits per heavy atom. The first-order valence-electron chi connectivity index (χ1n) is 11.7. The van der Waals surface area contributed by atoms with Crippen LogP contribution in [0.1, 0.15) is 18.9 Å². The van der Waals surface area contributed by atoms with E-state index in [0.717, 1.165) is 31.8 Å². The zero-order valence-electron chi connectivity index (χ0n) is 20.2. The minimum absolute atomic E-state index is 0.0799. The molecule has 0 spiro atoms. The summed E-state index contributed by atoms with van der Waals surface area (Å²) in [5.74, 6) is -1.90. The number of ether oxygens (including phenoxy) is 1. The van der Waals surface area contributed by atoms with E-state index in [4.69, 9.17) is 4.74 Å². The van der Waals surface area contributed by atoms with E-state index < -0.39 is 32.9 Å². The first-order valence-corrected chi connectivity index (χ1v) is 13.5. The highest BCUT2D eigenvalue weighted by Crippen LogP contribution is 2.29. The van der Waals surface area contributed by atoms with Gasteiger partial charge in [0.05, 0.1) is 24.3 Å². The highest BCUT2D eigenvalue weighted by atomic mass is 32.2. The van der Waals surface area contributed by atoms with Gasteiger partial charge in [0.2, 0.25) is 5.95 Å². The van der Waals surface area contributed by atoms with Gasteiger partial charge in [0.15, 0.2) is 21.5 Å². The van der Waals surface area contributed by atoms with Gasteiger partial charge in [-0.1, -0.05) is 13.0 Å². The number of halogens is 2. The highest BCUT2D eigenvalue weighted by Gasteiger charge is 2.22. The van der Waals surface area contributed by atoms with Crippen LogP contribution in [0.15, 0.2) is 24.7 Å². The van der Waals surface area contributed by atoms with Crippen molar-refractivity contribution in [2.45, 2.75) is 19.1 Å². The number of nitrogens with zero attached hydrogens (tertiary/aromatic N) is 6. The Labute approximate surface area is 208 Å². The molecular formula is C23H29F2N7O3S. The van der Waals surface area contributed by atoms with E-state index in [1.807, 2.05) is 4.90 Å². The van der Waals surface area contributed by atoms with E-state index in [9.17, 15) is 12.8 Å². The molecule has 0 atom stereocenters. The predicted molar refractivity (Wildman–Crippen MR) is 133 cm³/mol. The van der Waals surface area contributed by atoms with Crippen molar-refractivity contribution in [3.63, 3.8) is 0 Å². The maximum absolute atomic E-state index is 15.2. The Hall–Kier alpha value is -3.03. The van der Waals surface area contributed by atoms with E-state index in [1.54, 1.807) is 20.2 Å². The number of piperazine rings is 1. The summed E-state index contributed by atoms with van der Waals surface area (Å²) >= 11 is 0. The summed E-state index contributed by atoms with van der Waals surface area (Å²) in [5.41, 5.74) is 0.0862. The number of fused-ring (bicyclic) bond motifs is 1. The van der Waals surface area contributed by atoms with Crippen LogP contribution in [0.3, 0.4) is 0 Å². The Morgan fingerprint density at radius 2 is 1.89 bits per heavy atom. The van der Waals surface area contributed by atoms with Crippen LogP contribution >= 0.6 is 0 Å². The smallest absolute Gasteiger partial charge is 0.226 e. The van der Waals surface area contributed by atoms with Gasteiger partial charge in [-0.3, -0.25) is 4.90 Å². The quantitative estimate of drug-likeness (QED) is 0.427. The van der Waals surface area contributed by atoms with Gasteiger partial charge in [0, 0.05) is 45.4 Å². The number of anilines is 3. The van der Waals surface area contributed by atoms with Crippen molar-refractivity contribution in [2.75, 3.05) is 62.4 Å². The van der Waals surface area contributed by atoms with Crippen LogP contribution in [0, 0.1) is 11.6 Å². The van der Waals surface area contributed by atoms with Crippen LogP contribution < -0.4 is 10.2 Å². The molecule has 3 aromatic rings. The first kappa shape index (κ1) is 26.0. The molecule has 36 heavy (non-hydrogen) atoms. The number of hydrogen-bond donors (Lipinski definition) is 1. The highest BCUT2D eigenvalue weighted by molar-refractivity contribution is 7.90. The molecule has 13 heteroatoms. The van der Waals surface area contributed by atoms with E-state index in [1.165, 1.54) is 6.33 Å². The number of sulfone groups is 1. The lowest BCUT2D eigenvalue weighted by molar-refractivity contribution is 0.144. The monoisotopic (exact) mass is 521 g/mol. The number of aromatic nitrogens is 4. The van der Waals surface area contributed by atoms with Gasteiger partial charge in [0.1, 0.15) is 28.9 Å². The van der Waals surface area contributed by atoms with E-state index in [-0.39, 0.29) is 17.1 Å². The van der Waals surface area contributed by atoms with E-state index in [2.05, 4.69) is 30.2 Å². The SMILES string of the molecule is CCCS(=O)(=O)Cc1ccc(F)c(Nc2ncnc3cnc(N4CCN(CCOC)CC4)nc23)c1F. The molecule has 1 aromatic carbocycles. The van der Waals surface area contributed by atoms with Crippen molar-refractivity contribution >= 4 is 38.3 Å². The molecule has 1 aliphatic rings. The molecule has 1 fully saturated rings. The Balaban J connectivity index is 1.60. The Kier molecular flexibility index (Phi) is 8.21. The molecule has 1 saturated heterocycles. The summed E-state index contributed by atoms with van der Waals surface area (Å²) in [6.07, 6.45) is 3.20. The molecule has 10 nitrogen and oxygen atoms in total. The molecule has 0 amide bonds. The average molecular weight is 522 g/mol. The maximum atomic E-state index is 15.2. The van der Waals surface area contributed by atoms with Crippen LogP contribution in [0.25, 0.3) is 11.0 Å². The van der Waals surface area contributed by atoms with Crippen molar-refractivity contribution in [2.24, 2.45) is 0 Å². The fourth-order valence-electron chi connectivity index (χ4n) is 4.04. The third-order valence-electron chi connectivity index (χ3n) is 5.94. The largest absolute Gasteiger partial charge is 0.383 e. The summed E-state index contributed by atoms with van der Waals surface area (Å²) in [7, 11) is -1.85. The molecule has 0 saturated carbocycles. The van der Waals surface area contributed by atoms with Crippen LogP contribution in [-0.2, 0) is 20.3 Å². The number of rotatable bonds is 10. The minimum Gasteiger partial charge on any atom is -0.383 e. The summed E-state index contributed by atoms with van der Waals surface area (Å²) in [5, 5.41) is 2.68. The molecule has 0 unspecified atom stereocenters. The Bertz CT molecular complexity index is 1320. The number of nitrogens with one attached hydrogen (secondary N) is 1. The topological polar surface area (TPSA) is 113 Å². The molecule has 2 aromatic heterocycles. The molecule has 1 N–H and O–H groups in total. The molecule has 1 aliphatic heterocycles. The van der Waals surface area contributed by atoms with Gasteiger partial charge in [-0.15, -0.1) is 0 Å². The van der Waals surface area contributed by atoms with Gasteiger partial charge in [-0.25, -0.2) is 37.1 Å². The standard InChI is InChI=1S/C23H29F2N7O3S/c1-3-12-36(33,34)14-16-4-5-17(24)20(19(16)25)29-22-21-18(27-15-28-22)13-26-23(30-21)32-8-6-31(7-9-32)10-11-35-2/h4-5,13,15H,3,6-12,14H2,1-2H3,(H,27,28,29). The second kappa shape index (κ2) is 11.4. The summed E-state index contributed by atoms with van der Waals surface area (Å²) in [4.78, 5) is 21.6. The lowest BCUT2D eigenvalue weighted by atomic mass is 10.2. The third-order valence-corrected chi connectivity index (χ3v) is 7.72. The third kappa shape index (κ3) is 6.02. The molecule has 0 radical (unpaired) electrons.